The number of nitrogens with zero attached hydrogens (tertiary/aromatic N) is 2. The van der Waals surface area contributed by atoms with Crippen molar-refractivity contribution < 1.29 is 9.47 Å². The lowest BCUT2D eigenvalue weighted by Crippen LogP contribution is -2.10. The first-order valence-corrected chi connectivity index (χ1v) is 26.5. The predicted octanol–water partition coefficient (Wildman–Crippen LogP) is 19.5. The van der Waals surface area contributed by atoms with Crippen LogP contribution in [-0.2, 0) is 12.8 Å². The molecule has 0 aliphatic carbocycles. The Bertz CT molecular complexity index is 3180. The highest BCUT2D eigenvalue weighted by atomic mass is 16.5. The van der Waals surface area contributed by atoms with Crippen LogP contribution in [0.15, 0.2) is 219 Å². The summed E-state index contributed by atoms with van der Waals surface area (Å²) in [6.07, 6.45) is 16.2. The van der Waals surface area contributed by atoms with Gasteiger partial charge in [-0.2, -0.15) is 0 Å². The van der Waals surface area contributed by atoms with Gasteiger partial charge in [-0.05, 0) is 223 Å². The lowest BCUT2D eigenvalue weighted by Gasteiger charge is -2.26. The van der Waals surface area contributed by atoms with Crippen molar-refractivity contribution in [2.45, 2.75) is 53.4 Å². The maximum atomic E-state index is 6.01. The number of benzene rings is 9. The maximum Gasteiger partial charge on any atom is 0.119 e. The Morgan fingerprint density at radius 3 is 1.01 bits per heavy atom. The van der Waals surface area contributed by atoms with E-state index in [-0.39, 0.29) is 0 Å². The van der Waals surface area contributed by atoms with Gasteiger partial charge in [0.05, 0.1) is 13.2 Å². The molecule has 0 saturated carbocycles. The minimum atomic E-state index is 0.669. The molecule has 0 amide bonds. The fraction of sp³-hybridized carbons (Fsp3) is 0.139. The second-order valence-corrected chi connectivity index (χ2v) is 19.5. The zero-order valence-electron chi connectivity index (χ0n) is 44.5. The van der Waals surface area contributed by atoms with Crippen molar-refractivity contribution in [2.75, 3.05) is 23.0 Å². The number of aryl methyl sites for hydroxylation is 6. The van der Waals surface area contributed by atoms with Crippen LogP contribution >= 0.6 is 0 Å². The molecule has 76 heavy (non-hydrogen) atoms. The van der Waals surface area contributed by atoms with E-state index in [0.717, 1.165) is 105 Å². The Morgan fingerprint density at radius 1 is 0.329 bits per heavy atom. The molecule has 4 nitrogen and oxygen atoms in total. The van der Waals surface area contributed by atoms with E-state index in [1.54, 1.807) is 0 Å². The Morgan fingerprint density at radius 2 is 0.658 bits per heavy atom. The highest BCUT2D eigenvalue weighted by Crippen LogP contribution is 2.38. The van der Waals surface area contributed by atoms with Gasteiger partial charge in [0.15, 0.2) is 0 Å². The highest BCUT2D eigenvalue weighted by molar-refractivity contribution is 5.81. The van der Waals surface area contributed by atoms with Crippen LogP contribution < -0.4 is 19.3 Å². The summed E-state index contributed by atoms with van der Waals surface area (Å²) in [6, 6.07) is 73.8. The third kappa shape index (κ3) is 13.8. The molecule has 9 aromatic rings. The summed E-state index contributed by atoms with van der Waals surface area (Å²) in [4.78, 5) is 4.68. The van der Waals surface area contributed by atoms with Gasteiger partial charge in [0.2, 0.25) is 0 Å². The summed E-state index contributed by atoms with van der Waals surface area (Å²) in [6.45, 7) is 17.7. The Kier molecular flexibility index (Phi) is 17.4. The van der Waals surface area contributed by atoms with Crippen LogP contribution in [0.2, 0.25) is 0 Å². The van der Waals surface area contributed by atoms with Gasteiger partial charge < -0.3 is 19.3 Å². The van der Waals surface area contributed by atoms with E-state index in [2.05, 4.69) is 233 Å². The van der Waals surface area contributed by atoms with Crippen molar-refractivity contribution in [3.05, 3.63) is 286 Å². The van der Waals surface area contributed by atoms with Gasteiger partial charge in [0.1, 0.15) is 11.5 Å². The first kappa shape index (κ1) is 52.0. The predicted molar refractivity (Wildman–Crippen MR) is 326 cm³/mol. The fourth-order valence-corrected chi connectivity index (χ4v) is 9.20. The zero-order valence-corrected chi connectivity index (χ0v) is 44.5. The molecule has 9 aromatic carbocycles. The molecule has 0 aromatic heterocycles. The minimum Gasteiger partial charge on any atom is -0.494 e. The molecule has 378 valence electrons. The minimum absolute atomic E-state index is 0.669. The molecule has 0 radical (unpaired) electrons. The van der Waals surface area contributed by atoms with E-state index in [0.29, 0.717) is 13.2 Å². The number of anilines is 6. The molecule has 0 heterocycles. The topological polar surface area (TPSA) is 24.9 Å². The molecule has 0 atom stereocenters. The van der Waals surface area contributed by atoms with Gasteiger partial charge in [0, 0.05) is 34.1 Å². The molecule has 0 aliphatic rings. The molecular formula is C72H68N2O2. The molecule has 9 rings (SSSR count). The number of hydrogen-bond acceptors (Lipinski definition) is 4. The molecule has 0 aliphatic heterocycles. The summed E-state index contributed by atoms with van der Waals surface area (Å²) in [7, 11) is 0. The zero-order chi connectivity index (χ0) is 52.6. The maximum absolute atomic E-state index is 6.01. The van der Waals surface area contributed by atoms with Gasteiger partial charge >= 0.3 is 0 Å². The second kappa shape index (κ2) is 25.4. The molecule has 0 spiro atoms. The van der Waals surface area contributed by atoms with Gasteiger partial charge in [-0.3, -0.25) is 0 Å². The molecule has 0 bridgehead atoms. The van der Waals surface area contributed by atoms with Crippen molar-refractivity contribution in [1.29, 1.82) is 0 Å². The molecular weight excluding hydrogens is 925 g/mol. The summed E-state index contributed by atoms with van der Waals surface area (Å²) in [5.41, 5.74) is 21.2. The highest BCUT2D eigenvalue weighted by Gasteiger charge is 2.15. The van der Waals surface area contributed by atoms with E-state index in [1.165, 1.54) is 33.4 Å². The van der Waals surface area contributed by atoms with Crippen molar-refractivity contribution in [1.82, 2.24) is 0 Å². The van der Waals surface area contributed by atoms with Crippen LogP contribution in [-0.4, -0.2) is 13.2 Å². The van der Waals surface area contributed by atoms with E-state index >= 15 is 0 Å². The quantitative estimate of drug-likeness (QED) is 0.0499. The molecule has 0 N–H and O–H groups in total. The fourth-order valence-electron chi connectivity index (χ4n) is 9.20. The first-order valence-electron chi connectivity index (χ1n) is 26.5. The van der Waals surface area contributed by atoms with Crippen LogP contribution in [0.3, 0.4) is 0 Å². The van der Waals surface area contributed by atoms with Gasteiger partial charge in [-0.1, -0.05) is 153 Å². The van der Waals surface area contributed by atoms with Gasteiger partial charge in [0.25, 0.3) is 0 Å². The lowest BCUT2D eigenvalue weighted by molar-refractivity contribution is 0.311. The van der Waals surface area contributed by atoms with Gasteiger partial charge in [-0.25, -0.2) is 0 Å². The van der Waals surface area contributed by atoms with Crippen molar-refractivity contribution in [3.63, 3.8) is 0 Å². The van der Waals surface area contributed by atoms with Crippen molar-refractivity contribution in [3.8, 4) is 11.5 Å². The Balaban J connectivity index is 0.834. The number of ether oxygens (including phenoxy) is 2. The van der Waals surface area contributed by atoms with E-state index in [1.807, 2.05) is 60.7 Å². The second-order valence-electron chi connectivity index (χ2n) is 19.5. The van der Waals surface area contributed by atoms with Crippen molar-refractivity contribution in [2.24, 2.45) is 0 Å². The Hall–Kier alpha value is -8.86. The normalized spacial score (nSPS) is 11.2. The molecule has 4 heteroatoms. The summed E-state index contributed by atoms with van der Waals surface area (Å²) >= 11 is 0. The van der Waals surface area contributed by atoms with Gasteiger partial charge in [-0.15, -0.1) is 0 Å². The largest absolute Gasteiger partial charge is 0.494 e. The van der Waals surface area contributed by atoms with Crippen molar-refractivity contribution >= 4 is 70.6 Å². The standard InChI is InChI=1S/C72H68N2O2/c1-7-57-30-44-71(45-31-57)75-48-10-14-59-22-36-65(37-23-59)73(69-34-16-53(3)55(5)50-69)67-40-26-61(27-41-67)18-20-63-12-9-13-64(52-63)21-19-62-28-42-68(43-29-62)74(70-35-17-54(4)56(6)51-70)66-38-24-60(25-39-66)15-11-49-76-72-46-32-58(8-2)33-47-72/h7-9,12-13,16-47,50-52H,1-2,10-11,14-15,48-49H2,3-6H3. The molecule has 0 saturated heterocycles. The number of hydrogen-bond donors (Lipinski definition) is 0. The smallest absolute Gasteiger partial charge is 0.119 e. The first-order chi connectivity index (χ1) is 37.2. The molecule has 0 unspecified atom stereocenters. The van der Waals surface area contributed by atoms with Crippen LogP contribution in [0.4, 0.5) is 34.1 Å². The summed E-state index contributed by atoms with van der Waals surface area (Å²) in [5.74, 6) is 1.78. The lowest BCUT2D eigenvalue weighted by atomic mass is 10.0. The van der Waals surface area contributed by atoms with Crippen LogP contribution in [0.1, 0.15) is 79.6 Å². The average molecular weight is 993 g/mol. The van der Waals surface area contributed by atoms with E-state index < -0.39 is 0 Å². The summed E-state index contributed by atoms with van der Waals surface area (Å²) < 4.78 is 12.0. The van der Waals surface area contributed by atoms with Crippen LogP contribution in [0, 0.1) is 27.7 Å². The monoisotopic (exact) mass is 993 g/mol. The van der Waals surface area contributed by atoms with Crippen LogP contribution in [0.25, 0.3) is 36.5 Å². The van der Waals surface area contributed by atoms with E-state index in [4.69, 9.17) is 9.47 Å². The average Bonchev–Trinajstić information content (AvgIpc) is 3.46. The third-order valence-corrected chi connectivity index (χ3v) is 14.0. The number of rotatable bonds is 22. The Labute approximate surface area is 451 Å². The summed E-state index contributed by atoms with van der Waals surface area (Å²) in [5, 5.41) is 0. The SMILES string of the molecule is C=Cc1ccc(OCCCc2ccc(N(c3ccc(C=Cc4cccc(C=Cc5ccc(N(c6ccc(CCCOc7ccc(C=C)cc7)cc6)c6ccc(C)c(C)c6)cc5)c4)cc3)c3ccc(C)c(C)c3)cc2)cc1. The molecule has 0 fully saturated rings. The third-order valence-electron chi connectivity index (χ3n) is 14.0. The van der Waals surface area contributed by atoms with Crippen LogP contribution in [0.5, 0.6) is 11.5 Å². The van der Waals surface area contributed by atoms with E-state index in [9.17, 15) is 0 Å².